The van der Waals surface area contributed by atoms with E-state index in [9.17, 15) is 20.2 Å². The molecule has 0 aromatic heterocycles. The molecule has 0 atom stereocenters. The summed E-state index contributed by atoms with van der Waals surface area (Å²) in [4.78, 5) is 20.9. The van der Waals surface area contributed by atoms with E-state index in [0.29, 0.717) is 24.7 Å². The average Bonchev–Trinajstić information content (AvgIpc) is 2.74. The summed E-state index contributed by atoms with van der Waals surface area (Å²) in [5.41, 5.74) is 0.0421. The Hall–Kier alpha value is -2.77. The van der Waals surface area contributed by atoms with Crippen LogP contribution < -0.4 is 9.47 Å². The van der Waals surface area contributed by atoms with E-state index in [1.807, 2.05) is 0 Å². The molecule has 0 aliphatic heterocycles. The Balaban J connectivity index is 1.71. The van der Waals surface area contributed by atoms with Crippen molar-refractivity contribution >= 4 is 28.0 Å². The fourth-order valence-electron chi connectivity index (χ4n) is 3.60. The topological polar surface area (TPSA) is 114 Å². The van der Waals surface area contributed by atoms with Gasteiger partial charge in [0.05, 0.1) is 35.2 Å². The van der Waals surface area contributed by atoms with Gasteiger partial charge in [-0.25, -0.2) is 0 Å². The van der Waals surface area contributed by atoms with Gasteiger partial charge in [0.15, 0.2) is 16.6 Å². The highest BCUT2D eigenvalue weighted by molar-refractivity contribution is 6.84. The zero-order valence-corrected chi connectivity index (χ0v) is 21.6. The predicted molar refractivity (Wildman–Crippen MR) is 132 cm³/mol. The van der Waals surface area contributed by atoms with Crippen LogP contribution in [0.3, 0.4) is 0 Å². The number of non-ortho nitro benzene ring substituents is 2. The molecular weight excluding hydrogens is 460 g/mol. The van der Waals surface area contributed by atoms with Crippen LogP contribution in [0.25, 0.3) is 0 Å². The monoisotopic (exact) mass is 492 g/mol. The van der Waals surface area contributed by atoms with Gasteiger partial charge in [0.1, 0.15) is 11.5 Å². The minimum Gasteiger partial charge on any atom is -0.493 e. The van der Waals surface area contributed by atoms with Gasteiger partial charge in [-0.3, -0.25) is 20.2 Å². The quantitative estimate of drug-likeness (QED) is 0.134. The average molecular weight is 493 g/mol. The summed E-state index contributed by atoms with van der Waals surface area (Å²) >= 11 is 0. The molecular formula is C22H32N2O7Si2. The van der Waals surface area contributed by atoms with Crippen molar-refractivity contribution in [1.29, 1.82) is 0 Å². The van der Waals surface area contributed by atoms with Gasteiger partial charge in [-0.15, -0.1) is 0 Å². The summed E-state index contributed by atoms with van der Waals surface area (Å²) in [5, 5.41) is 21.7. The molecule has 0 aliphatic rings. The molecule has 33 heavy (non-hydrogen) atoms. The second-order valence-electron chi connectivity index (χ2n) is 9.03. The molecule has 0 unspecified atom stereocenters. The lowest BCUT2D eigenvalue weighted by Gasteiger charge is -2.34. The highest BCUT2D eigenvalue weighted by Crippen LogP contribution is 2.25. The number of nitrogens with zero attached hydrogens (tertiary/aromatic N) is 2. The second kappa shape index (κ2) is 11.9. The van der Waals surface area contributed by atoms with Crippen LogP contribution in [0.1, 0.15) is 12.8 Å². The summed E-state index contributed by atoms with van der Waals surface area (Å²) in [7, 11) is -3.78. The fourth-order valence-corrected chi connectivity index (χ4v) is 12.4. The Bertz CT molecular complexity index is 878. The van der Waals surface area contributed by atoms with E-state index < -0.39 is 26.5 Å². The summed E-state index contributed by atoms with van der Waals surface area (Å²) in [6, 6.07) is 14.3. The summed E-state index contributed by atoms with van der Waals surface area (Å²) in [6.07, 6.45) is 1.64. The molecule has 0 N–H and O–H groups in total. The van der Waals surface area contributed by atoms with Crippen LogP contribution in [0, 0.1) is 20.2 Å². The van der Waals surface area contributed by atoms with Crippen molar-refractivity contribution in [3.8, 4) is 11.5 Å². The maximum atomic E-state index is 10.9. The lowest BCUT2D eigenvalue weighted by Crippen LogP contribution is -2.44. The standard InChI is InChI=1S/C22H32N2O7Si2/c1-32(2,15-7-13-29-21-11-5-9-19(17-21)23(25)26)31-33(3,4)16-8-14-30-22-12-6-10-20(18-22)24(27)28/h5-6,9-12,17-18H,7-8,13-16H2,1-4H3. The van der Waals surface area contributed by atoms with Crippen LogP contribution in [0.5, 0.6) is 11.5 Å². The van der Waals surface area contributed by atoms with E-state index in [0.717, 1.165) is 24.9 Å². The van der Waals surface area contributed by atoms with E-state index >= 15 is 0 Å². The van der Waals surface area contributed by atoms with Gasteiger partial charge < -0.3 is 13.6 Å². The van der Waals surface area contributed by atoms with Crippen molar-refractivity contribution in [2.24, 2.45) is 0 Å². The van der Waals surface area contributed by atoms with Crippen molar-refractivity contribution in [3.05, 3.63) is 68.8 Å². The predicted octanol–water partition coefficient (Wildman–Crippen LogP) is 6.17. The highest BCUT2D eigenvalue weighted by Gasteiger charge is 2.32. The number of hydrogen-bond donors (Lipinski definition) is 0. The van der Waals surface area contributed by atoms with Crippen LogP contribution in [-0.4, -0.2) is 39.7 Å². The van der Waals surface area contributed by atoms with Crippen LogP contribution in [0.4, 0.5) is 11.4 Å². The first-order valence-electron chi connectivity index (χ1n) is 10.9. The molecule has 0 fully saturated rings. The molecule has 0 saturated carbocycles. The van der Waals surface area contributed by atoms with Gasteiger partial charge in [-0.2, -0.15) is 0 Å². The third kappa shape index (κ3) is 9.72. The highest BCUT2D eigenvalue weighted by atomic mass is 28.4. The van der Waals surface area contributed by atoms with Gasteiger partial charge in [0.25, 0.3) is 11.4 Å². The first kappa shape index (κ1) is 26.5. The molecule has 11 heteroatoms. The third-order valence-corrected chi connectivity index (χ3v) is 12.5. The van der Waals surface area contributed by atoms with Crippen LogP contribution in [0.2, 0.25) is 38.3 Å². The molecule has 9 nitrogen and oxygen atoms in total. The molecule has 2 aromatic rings. The number of benzene rings is 2. The molecule has 0 saturated heterocycles. The molecule has 0 amide bonds. The second-order valence-corrected chi connectivity index (χ2v) is 17.9. The zero-order chi connectivity index (χ0) is 24.5. The smallest absolute Gasteiger partial charge is 0.273 e. The first-order valence-corrected chi connectivity index (χ1v) is 17.2. The molecule has 0 spiro atoms. The van der Waals surface area contributed by atoms with E-state index in [4.69, 9.17) is 13.6 Å². The summed E-state index contributed by atoms with van der Waals surface area (Å²) in [5.74, 6) is 1.01. The lowest BCUT2D eigenvalue weighted by atomic mass is 10.3. The normalized spacial score (nSPS) is 11.8. The minimum absolute atomic E-state index is 0.0211. The molecule has 2 rings (SSSR count). The summed E-state index contributed by atoms with van der Waals surface area (Å²) < 4.78 is 18.0. The molecule has 0 aliphatic carbocycles. The van der Waals surface area contributed by atoms with E-state index in [2.05, 4.69) is 26.2 Å². The Kier molecular flexibility index (Phi) is 9.56. The van der Waals surface area contributed by atoms with Crippen LogP contribution in [-0.2, 0) is 4.12 Å². The molecule has 2 aromatic carbocycles. The van der Waals surface area contributed by atoms with Gasteiger partial charge in [-0.1, -0.05) is 12.1 Å². The van der Waals surface area contributed by atoms with E-state index in [1.165, 1.54) is 24.3 Å². The minimum atomic E-state index is -1.89. The number of rotatable bonds is 14. The van der Waals surface area contributed by atoms with Crippen molar-refractivity contribution < 1.29 is 23.4 Å². The number of nitro benzene ring substituents is 2. The zero-order valence-electron chi connectivity index (χ0n) is 19.6. The van der Waals surface area contributed by atoms with Crippen molar-refractivity contribution in [1.82, 2.24) is 0 Å². The van der Waals surface area contributed by atoms with Gasteiger partial charge >= 0.3 is 0 Å². The molecule has 0 radical (unpaired) electrons. The first-order chi connectivity index (χ1) is 15.5. The maximum Gasteiger partial charge on any atom is 0.273 e. The maximum absolute atomic E-state index is 10.9. The van der Waals surface area contributed by atoms with Crippen molar-refractivity contribution in [2.45, 2.75) is 51.1 Å². The number of hydrogen-bond acceptors (Lipinski definition) is 7. The molecule has 0 heterocycles. The van der Waals surface area contributed by atoms with Crippen molar-refractivity contribution in [2.75, 3.05) is 13.2 Å². The van der Waals surface area contributed by atoms with E-state index in [-0.39, 0.29) is 11.4 Å². The Morgan fingerprint density at radius 1 is 0.727 bits per heavy atom. The SMILES string of the molecule is C[Si](C)(CCCOc1cccc([N+](=O)[O-])c1)O[Si](C)(C)CCCOc1cccc([N+](=O)[O-])c1. The Labute approximate surface area is 196 Å². The summed E-state index contributed by atoms with van der Waals surface area (Å²) in [6.45, 7) is 9.78. The van der Waals surface area contributed by atoms with Gasteiger partial charge in [0, 0.05) is 12.1 Å². The van der Waals surface area contributed by atoms with Crippen LogP contribution in [0.15, 0.2) is 48.5 Å². The molecule has 180 valence electrons. The largest absolute Gasteiger partial charge is 0.493 e. The van der Waals surface area contributed by atoms with Gasteiger partial charge in [-0.05, 0) is 63.3 Å². The lowest BCUT2D eigenvalue weighted by molar-refractivity contribution is -0.385. The molecule has 0 bridgehead atoms. The number of nitro groups is 2. The van der Waals surface area contributed by atoms with E-state index in [1.54, 1.807) is 24.3 Å². The Morgan fingerprint density at radius 3 is 1.48 bits per heavy atom. The van der Waals surface area contributed by atoms with Gasteiger partial charge in [0.2, 0.25) is 0 Å². The third-order valence-electron chi connectivity index (χ3n) is 4.99. The van der Waals surface area contributed by atoms with Crippen molar-refractivity contribution in [3.63, 3.8) is 0 Å². The Morgan fingerprint density at radius 2 is 1.12 bits per heavy atom. The number of ether oxygens (including phenoxy) is 2. The fraction of sp³-hybridized carbons (Fsp3) is 0.455. The van der Waals surface area contributed by atoms with Crippen LogP contribution >= 0.6 is 0 Å².